The van der Waals surface area contributed by atoms with Crippen molar-refractivity contribution in [2.24, 2.45) is 5.84 Å². The van der Waals surface area contributed by atoms with E-state index in [9.17, 15) is 4.39 Å². The monoisotopic (exact) mass is 390 g/mol. The molecule has 0 aliphatic heterocycles. The molecule has 2 nitrogen and oxygen atoms in total. The van der Waals surface area contributed by atoms with Crippen molar-refractivity contribution < 1.29 is 4.39 Å². The highest BCUT2D eigenvalue weighted by molar-refractivity contribution is 9.10. The molecular weight excluding hydrogens is 378 g/mol. The summed E-state index contributed by atoms with van der Waals surface area (Å²) in [5.41, 5.74) is 4.22. The molecule has 1 unspecified atom stereocenters. The first-order valence-corrected chi connectivity index (χ1v) is 7.88. The summed E-state index contributed by atoms with van der Waals surface area (Å²) in [7, 11) is 0. The van der Waals surface area contributed by atoms with Gasteiger partial charge >= 0.3 is 0 Å². The fraction of sp³-hybridized carbons (Fsp3) is 0.200. The van der Waals surface area contributed by atoms with Crippen LogP contribution in [0.15, 0.2) is 40.9 Å². The van der Waals surface area contributed by atoms with Crippen LogP contribution in [0.5, 0.6) is 0 Å². The Hall–Kier alpha value is -0.650. The summed E-state index contributed by atoms with van der Waals surface area (Å²) in [6, 6.07) is 10.0. The largest absolute Gasteiger partial charge is 0.271 e. The van der Waals surface area contributed by atoms with Crippen molar-refractivity contribution in [2.75, 3.05) is 0 Å². The van der Waals surface area contributed by atoms with Crippen LogP contribution in [0.4, 0.5) is 4.39 Å². The highest BCUT2D eigenvalue weighted by atomic mass is 79.9. The van der Waals surface area contributed by atoms with Crippen LogP contribution >= 0.6 is 39.1 Å². The molecule has 0 spiro atoms. The van der Waals surface area contributed by atoms with Gasteiger partial charge in [-0.05, 0) is 54.3 Å². The minimum atomic E-state index is -0.249. The summed E-state index contributed by atoms with van der Waals surface area (Å²) in [4.78, 5) is 0. The van der Waals surface area contributed by atoms with E-state index in [-0.39, 0.29) is 11.9 Å². The third-order valence-corrected chi connectivity index (χ3v) is 4.27. The summed E-state index contributed by atoms with van der Waals surface area (Å²) in [5.74, 6) is 5.33. The Labute approximate surface area is 141 Å². The molecule has 3 N–H and O–H groups in total. The Morgan fingerprint density at radius 2 is 1.81 bits per heavy atom. The number of nitrogens with one attached hydrogen (secondary N) is 1. The van der Waals surface area contributed by atoms with Gasteiger partial charge in [-0.1, -0.05) is 45.2 Å². The summed E-state index contributed by atoms with van der Waals surface area (Å²) in [6.07, 6.45) is 1.04. The number of hydrazine groups is 1. The lowest BCUT2D eigenvalue weighted by Crippen LogP contribution is -2.38. The molecular formula is C15H14BrCl2FN2. The van der Waals surface area contributed by atoms with Gasteiger partial charge in [0.1, 0.15) is 5.82 Å². The van der Waals surface area contributed by atoms with E-state index in [0.717, 1.165) is 10.0 Å². The third-order valence-electron chi connectivity index (χ3n) is 3.19. The van der Waals surface area contributed by atoms with Gasteiger partial charge in [0.25, 0.3) is 0 Å². The van der Waals surface area contributed by atoms with E-state index in [4.69, 9.17) is 29.0 Å². The summed E-state index contributed by atoms with van der Waals surface area (Å²) in [6.45, 7) is 0. The first-order chi connectivity index (χ1) is 9.99. The molecule has 0 aliphatic rings. The van der Waals surface area contributed by atoms with Crippen LogP contribution in [-0.4, -0.2) is 6.04 Å². The molecule has 2 aromatic rings. The van der Waals surface area contributed by atoms with Gasteiger partial charge in [-0.25, -0.2) is 4.39 Å². The number of benzene rings is 2. The Morgan fingerprint density at radius 3 is 2.48 bits per heavy atom. The highest BCUT2D eigenvalue weighted by Gasteiger charge is 2.14. The zero-order chi connectivity index (χ0) is 15.4. The molecule has 2 aromatic carbocycles. The maximum atomic E-state index is 13.8. The Kier molecular flexibility index (Phi) is 6.02. The van der Waals surface area contributed by atoms with Gasteiger partial charge in [0, 0.05) is 20.6 Å². The van der Waals surface area contributed by atoms with Crippen LogP contribution in [-0.2, 0) is 12.8 Å². The summed E-state index contributed by atoms with van der Waals surface area (Å²) >= 11 is 15.4. The maximum Gasteiger partial charge on any atom is 0.126 e. The van der Waals surface area contributed by atoms with Gasteiger partial charge in [0.2, 0.25) is 0 Å². The lowest BCUT2D eigenvalue weighted by molar-refractivity contribution is 0.506. The van der Waals surface area contributed by atoms with Crippen molar-refractivity contribution in [3.05, 3.63) is 67.9 Å². The molecule has 2 rings (SSSR count). The second-order valence-electron chi connectivity index (χ2n) is 4.74. The average molecular weight is 392 g/mol. The minimum absolute atomic E-state index is 0.132. The van der Waals surface area contributed by atoms with Gasteiger partial charge in [0.15, 0.2) is 0 Å². The van der Waals surface area contributed by atoms with Crippen molar-refractivity contribution in [1.82, 2.24) is 5.43 Å². The molecule has 0 aromatic heterocycles. The van der Waals surface area contributed by atoms with E-state index in [1.165, 1.54) is 6.07 Å². The van der Waals surface area contributed by atoms with Crippen molar-refractivity contribution in [1.29, 1.82) is 0 Å². The molecule has 0 saturated heterocycles. The zero-order valence-electron chi connectivity index (χ0n) is 11.0. The van der Waals surface area contributed by atoms with Crippen molar-refractivity contribution in [2.45, 2.75) is 18.9 Å². The molecule has 6 heteroatoms. The number of nitrogens with two attached hydrogens (primary N) is 1. The fourth-order valence-corrected chi connectivity index (χ4v) is 3.00. The average Bonchev–Trinajstić information content (AvgIpc) is 2.44. The van der Waals surface area contributed by atoms with Gasteiger partial charge < -0.3 is 0 Å². The van der Waals surface area contributed by atoms with E-state index in [1.807, 2.05) is 6.07 Å². The normalized spacial score (nSPS) is 12.4. The quantitative estimate of drug-likeness (QED) is 0.581. The van der Waals surface area contributed by atoms with E-state index >= 15 is 0 Å². The first-order valence-electron chi connectivity index (χ1n) is 6.33. The van der Waals surface area contributed by atoms with Crippen LogP contribution in [0.2, 0.25) is 10.0 Å². The Balaban J connectivity index is 2.14. The standard InChI is InChI=1S/C15H14BrCl2FN2/c16-11-2-4-15(19)10(5-11)7-13(21-20)6-9-1-3-12(17)8-14(9)18/h1-5,8,13,21H,6-7,20H2. The molecule has 0 bridgehead atoms. The number of halogens is 4. The van der Waals surface area contributed by atoms with Crippen molar-refractivity contribution >= 4 is 39.1 Å². The highest BCUT2D eigenvalue weighted by Crippen LogP contribution is 2.23. The van der Waals surface area contributed by atoms with Gasteiger partial charge in [-0.3, -0.25) is 11.3 Å². The van der Waals surface area contributed by atoms with Gasteiger partial charge in [-0.15, -0.1) is 0 Å². The Bertz CT molecular complexity index is 637. The molecule has 0 aliphatic carbocycles. The molecule has 1 atom stereocenters. The number of rotatable bonds is 5. The minimum Gasteiger partial charge on any atom is -0.271 e. The van der Waals surface area contributed by atoms with Crippen LogP contribution < -0.4 is 11.3 Å². The molecule has 0 fully saturated rings. The molecule has 21 heavy (non-hydrogen) atoms. The maximum absolute atomic E-state index is 13.8. The number of hydrogen-bond donors (Lipinski definition) is 2. The topological polar surface area (TPSA) is 38.0 Å². The molecule has 0 heterocycles. The lowest BCUT2D eigenvalue weighted by Gasteiger charge is -2.17. The SMILES string of the molecule is NNC(Cc1cc(Br)ccc1F)Cc1ccc(Cl)cc1Cl. The molecule has 0 amide bonds. The molecule has 0 saturated carbocycles. The van der Waals surface area contributed by atoms with E-state index in [2.05, 4.69) is 21.4 Å². The second kappa shape index (κ2) is 7.56. The van der Waals surface area contributed by atoms with Gasteiger partial charge in [-0.2, -0.15) is 0 Å². The van der Waals surface area contributed by atoms with E-state index in [1.54, 1.807) is 24.3 Å². The van der Waals surface area contributed by atoms with Crippen molar-refractivity contribution in [3.8, 4) is 0 Å². The van der Waals surface area contributed by atoms with Gasteiger partial charge in [0.05, 0.1) is 0 Å². The van der Waals surface area contributed by atoms with E-state index < -0.39 is 0 Å². The zero-order valence-corrected chi connectivity index (χ0v) is 14.1. The van der Waals surface area contributed by atoms with Crippen molar-refractivity contribution in [3.63, 3.8) is 0 Å². The Morgan fingerprint density at radius 1 is 1.10 bits per heavy atom. The molecule has 0 radical (unpaired) electrons. The second-order valence-corrected chi connectivity index (χ2v) is 6.50. The van der Waals surface area contributed by atoms with E-state index in [0.29, 0.717) is 28.5 Å². The van der Waals surface area contributed by atoms with Crippen LogP contribution in [0.1, 0.15) is 11.1 Å². The fourth-order valence-electron chi connectivity index (χ4n) is 2.11. The van der Waals surface area contributed by atoms with Crippen LogP contribution in [0.3, 0.4) is 0 Å². The van der Waals surface area contributed by atoms with Crippen LogP contribution in [0.25, 0.3) is 0 Å². The third kappa shape index (κ3) is 4.66. The summed E-state index contributed by atoms with van der Waals surface area (Å²) < 4.78 is 14.6. The first kappa shape index (κ1) is 16.7. The van der Waals surface area contributed by atoms with Crippen LogP contribution in [0, 0.1) is 5.82 Å². The number of hydrogen-bond acceptors (Lipinski definition) is 2. The molecule has 112 valence electrons. The lowest BCUT2D eigenvalue weighted by atomic mass is 9.99. The predicted molar refractivity (Wildman–Crippen MR) is 89.1 cm³/mol. The summed E-state index contributed by atoms with van der Waals surface area (Å²) in [5, 5.41) is 1.16. The smallest absolute Gasteiger partial charge is 0.126 e. The predicted octanol–water partition coefficient (Wildman–Crippen LogP) is 4.51.